The van der Waals surface area contributed by atoms with Crippen LogP contribution in [0.5, 0.6) is 5.75 Å². The lowest BCUT2D eigenvalue weighted by Gasteiger charge is -2.25. The van der Waals surface area contributed by atoms with E-state index >= 15 is 0 Å². The summed E-state index contributed by atoms with van der Waals surface area (Å²) >= 11 is 0. The van der Waals surface area contributed by atoms with Crippen LogP contribution in [0.4, 0.5) is 0 Å². The van der Waals surface area contributed by atoms with Crippen molar-refractivity contribution in [2.24, 2.45) is 11.5 Å². The molecule has 1 aromatic rings. The Hall–Kier alpha value is -4.20. The maximum Gasteiger partial charge on any atom is 0.326 e. The van der Waals surface area contributed by atoms with Crippen LogP contribution in [-0.4, -0.2) is 76.4 Å². The van der Waals surface area contributed by atoms with Gasteiger partial charge >= 0.3 is 5.97 Å². The van der Waals surface area contributed by atoms with Crippen LogP contribution in [0.15, 0.2) is 24.3 Å². The standard InChI is InChI=1S/C24H34N6O8/c25-19(32)9-7-16(22(35)29-17(24(37)38)8-10-20(26)33)28-23(36)18(12-13-3-5-14(31)6-4-13)30-21(34)15-2-1-11-27-15/h3-6,15-18,27,31H,1-2,7-12H2,(H2,25,32)(H2,26,33)(H,28,36)(H,29,35)(H,30,34)(H,37,38). The topological polar surface area (TPSA) is 243 Å². The largest absolute Gasteiger partial charge is 0.508 e. The fraction of sp³-hybridized carbons (Fsp3) is 0.500. The molecule has 1 aliphatic rings. The molecule has 38 heavy (non-hydrogen) atoms. The van der Waals surface area contributed by atoms with Crippen LogP contribution in [0, 0.1) is 0 Å². The van der Waals surface area contributed by atoms with Gasteiger partial charge in [0.25, 0.3) is 0 Å². The van der Waals surface area contributed by atoms with Gasteiger partial charge in [-0.3, -0.25) is 24.0 Å². The minimum absolute atomic E-state index is 0.0152. The molecule has 0 saturated carbocycles. The Morgan fingerprint density at radius 2 is 1.42 bits per heavy atom. The van der Waals surface area contributed by atoms with Crippen LogP contribution in [0.3, 0.4) is 0 Å². The first-order valence-electron chi connectivity index (χ1n) is 12.2. The minimum atomic E-state index is -1.47. The number of aromatic hydroxyl groups is 1. The maximum atomic E-state index is 13.3. The second-order valence-corrected chi connectivity index (χ2v) is 9.05. The number of primary amides is 2. The predicted octanol–water partition coefficient (Wildman–Crippen LogP) is -2.24. The van der Waals surface area contributed by atoms with Gasteiger partial charge in [0.15, 0.2) is 0 Å². The Morgan fingerprint density at radius 3 is 1.95 bits per heavy atom. The minimum Gasteiger partial charge on any atom is -0.508 e. The molecule has 14 nitrogen and oxygen atoms in total. The number of amides is 5. The molecule has 1 heterocycles. The third kappa shape index (κ3) is 10.0. The Bertz CT molecular complexity index is 1030. The molecule has 1 aliphatic heterocycles. The molecule has 1 fully saturated rings. The number of nitrogens with one attached hydrogen (secondary N) is 4. The highest BCUT2D eigenvalue weighted by molar-refractivity contribution is 5.94. The van der Waals surface area contributed by atoms with Crippen molar-refractivity contribution in [3.05, 3.63) is 29.8 Å². The number of hydrogen-bond donors (Lipinski definition) is 8. The van der Waals surface area contributed by atoms with E-state index in [1.165, 1.54) is 12.1 Å². The normalized spacial score (nSPS) is 17.0. The van der Waals surface area contributed by atoms with E-state index in [1.807, 2.05) is 0 Å². The van der Waals surface area contributed by atoms with E-state index in [0.717, 1.165) is 6.42 Å². The molecule has 0 aromatic heterocycles. The number of carboxylic acid groups (broad SMARTS) is 1. The summed E-state index contributed by atoms with van der Waals surface area (Å²) < 4.78 is 0. The lowest BCUT2D eigenvalue weighted by molar-refractivity contribution is -0.142. The van der Waals surface area contributed by atoms with Gasteiger partial charge in [-0.2, -0.15) is 0 Å². The molecule has 14 heteroatoms. The van der Waals surface area contributed by atoms with Gasteiger partial charge in [-0.1, -0.05) is 12.1 Å². The van der Waals surface area contributed by atoms with E-state index in [4.69, 9.17) is 11.5 Å². The molecule has 1 saturated heterocycles. The first-order valence-corrected chi connectivity index (χ1v) is 12.2. The Morgan fingerprint density at radius 1 is 0.868 bits per heavy atom. The fourth-order valence-electron chi connectivity index (χ4n) is 3.90. The van der Waals surface area contributed by atoms with Gasteiger partial charge in [0.2, 0.25) is 29.5 Å². The molecular weight excluding hydrogens is 500 g/mol. The van der Waals surface area contributed by atoms with Gasteiger partial charge in [-0.25, -0.2) is 4.79 Å². The highest BCUT2D eigenvalue weighted by Crippen LogP contribution is 2.13. The molecule has 0 aliphatic carbocycles. The lowest BCUT2D eigenvalue weighted by Crippen LogP contribution is -2.57. The van der Waals surface area contributed by atoms with Gasteiger partial charge in [-0.15, -0.1) is 0 Å². The summed E-state index contributed by atoms with van der Waals surface area (Å²) in [6.07, 6.45) is 0.294. The summed E-state index contributed by atoms with van der Waals surface area (Å²) in [4.78, 5) is 72.9. The van der Waals surface area contributed by atoms with Gasteiger partial charge < -0.3 is 42.9 Å². The molecule has 4 unspecified atom stereocenters. The van der Waals surface area contributed by atoms with Gasteiger partial charge in [0, 0.05) is 19.3 Å². The molecule has 10 N–H and O–H groups in total. The van der Waals surface area contributed by atoms with Crippen LogP contribution in [-0.2, 0) is 35.2 Å². The van der Waals surface area contributed by atoms with Gasteiger partial charge in [0.05, 0.1) is 6.04 Å². The quantitative estimate of drug-likeness (QED) is 0.121. The third-order valence-corrected chi connectivity index (χ3v) is 5.99. The zero-order valence-corrected chi connectivity index (χ0v) is 20.8. The smallest absolute Gasteiger partial charge is 0.326 e. The highest BCUT2D eigenvalue weighted by atomic mass is 16.4. The van der Waals surface area contributed by atoms with Gasteiger partial charge in [0.1, 0.15) is 23.9 Å². The average molecular weight is 535 g/mol. The maximum absolute atomic E-state index is 13.3. The number of hydrogen-bond acceptors (Lipinski definition) is 8. The molecule has 0 radical (unpaired) electrons. The number of aliphatic carboxylic acids is 1. The number of carbonyl (C=O) groups is 6. The van der Waals surface area contributed by atoms with Crippen LogP contribution in [0.2, 0.25) is 0 Å². The van der Waals surface area contributed by atoms with Crippen LogP contribution < -0.4 is 32.7 Å². The van der Waals surface area contributed by atoms with Gasteiger partial charge in [-0.05, 0) is 49.9 Å². The second-order valence-electron chi connectivity index (χ2n) is 9.05. The van der Waals surface area contributed by atoms with Crippen molar-refractivity contribution < 1.29 is 39.0 Å². The molecule has 208 valence electrons. The Kier molecular flexibility index (Phi) is 11.5. The first kappa shape index (κ1) is 30.0. The number of benzene rings is 1. The number of carboxylic acids is 1. The zero-order chi connectivity index (χ0) is 28.2. The van der Waals surface area contributed by atoms with Crippen molar-refractivity contribution >= 4 is 35.5 Å². The first-order chi connectivity index (χ1) is 18.0. The van der Waals surface area contributed by atoms with Crippen molar-refractivity contribution in [1.82, 2.24) is 21.3 Å². The number of phenols is 1. The van der Waals surface area contributed by atoms with E-state index in [2.05, 4.69) is 21.3 Å². The zero-order valence-electron chi connectivity index (χ0n) is 20.8. The van der Waals surface area contributed by atoms with E-state index < -0.39 is 59.7 Å². The summed E-state index contributed by atoms with van der Waals surface area (Å²) in [5.41, 5.74) is 10.9. The van der Waals surface area contributed by atoms with Crippen LogP contribution >= 0.6 is 0 Å². The molecule has 0 bridgehead atoms. The summed E-state index contributed by atoms with van der Waals surface area (Å²) in [6.45, 7) is 0.656. The average Bonchev–Trinajstić information content (AvgIpc) is 3.39. The Labute approximate surface area is 218 Å². The van der Waals surface area contributed by atoms with E-state index in [0.29, 0.717) is 18.5 Å². The summed E-state index contributed by atoms with van der Waals surface area (Å²) in [6, 6.07) is 1.53. The number of phenolic OH excluding ortho intramolecular Hbond substituents is 1. The van der Waals surface area contributed by atoms with Crippen LogP contribution in [0.25, 0.3) is 0 Å². The number of nitrogens with two attached hydrogens (primary N) is 2. The number of rotatable bonds is 15. The van der Waals surface area contributed by atoms with E-state index in [-0.39, 0.29) is 37.9 Å². The van der Waals surface area contributed by atoms with Crippen molar-refractivity contribution in [1.29, 1.82) is 0 Å². The molecule has 4 atom stereocenters. The van der Waals surface area contributed by atoms with E-state index in [1.54, 1.807) is 12.1 Å². The summed E-state index contributed by atoms with van der Waals surface area (Å²) in [5, 5.41) is 29.4. The molecule has 0 spiro atoms. The summed E-state index contributed by atoms with van der Waals surface area (Å²) in [5.74, 6) is -4.98. The lowest BCUT2D eigenvalue weighted by atomic mass is 10.0. The molecule has 1 aromatic carbocycles. The van der Waals surface area contributed by atoms with Crippen LogP contribution in [0.1, 0.15) is 44.1 Å². The molecule has 2 rings (SSSR count). The highest BCUT2D eigenvalue weighted by Gasteiger charge is 2.32. The molecule has 5 amide bonds. The summed E-state index contributed by atoms with van der Waals surface area (Å²) in [7, 11) is 0. The molecular formula is C24H34N6O8. The fourth-order valence-corrected chi connectivity index (χ4v) is 3.90. The predicted molar refractivity (Wildman–Crippen MR) is 133 cm³/mol. The number of carbonyl (C=O) groups excluding carboxylic acids is 5. The third-order valence-electron chi connectivity index (χ3n) is 5.99. The van der Waals surface area contributed by atoms with Crippen molar-refractivity contribution in [2.75, 3.05) is 6.54 Å². The second kappa shape index (κ2) is 14.5. The Balaban J connectivity index is 2.21. The monoisotopic (exact) mass is 534 g/mol. The van der Waals surface area contributed by atoms with E-state index in [9.17, 15) is 39.0 Å². The SMILES string of the molecule is NC(=O)CCC(NC(=O)C(CCC(N)=O)NC(=O)C(Cc1ccc(O)cc1)NC(=O)C1CCCN1)C(=O)O. The van der Waals surface area contributed by atoms with Crippen molar-refractivity contribution in [3.63, 3.8) is 0 Å². The van der Waals surface area contributed by atoms with Crippen molar-refractivity contribution in [3.8, 4) is 5.75 Å². The van der Waals surface area contributed by atoms with Crippen molar-refractivity contribution in [2.45, 2.75) is 69.1 Å².